The van der Waals surface area contributed by atoms with Crippen LogP contribution in [-0.4, -0.2) is 64.9 Å². The summed E-state index contributed by atoms with van der Waals surface area (Å²) in [6, 6.07) is 12.1. The summed E-state index contributed by atoms with van der Waals surface area (Å²) in [4.78, 5) is 31.2. The van der Waals surface area contributed by atoms with Gasteiger partial charge in [0.15, 0.2) is 5.65 Å². The van der Waals surface area contributed by atoms with Gasteiger partial charge in [0.2, 0.25) is 17.7 Å². The summed E-state index contributed by atoms with van der Waals surface area (Å²) in [7, 11) is 0. The Morgan fingerprint density at radius 3 is 2.70 bits per heavy atom. The van der Waals surface area contributed by atoms with E-state index < -0.39 is 17.8 Å². The number of carbonyl (C=O) groups excluding carboxylic acids is 1. The SMILES string of the molecule is Cc1nc(-c2ccc3c(-c4nc(N[C@H]5CC[C@H](C)N(C(=O)OCc6ccccc6)C5)ncc4C(F)(F)F)[nH]nc3n2)no1. The molecule has 43 heavy (non-hydrogen) atoms. The third-order valence-corrected chi connectivity index (χ3v) is 7.16. The van der Waals surface area contributed by atoms with Crippen molar-refractivity contribution in [3.8, 4) is 22.9 Å². The first-order valence-corrected chi connectivity index (χ1v) is 13.5. The van der Waals surface area contributed by atoms with Crippen LogP contribution in [0.2, 0.25) is 0 Å². The molecule has 1 fully saturated rings. The van der Waals surface area contributed by atoms with Gasteiger partial charge in [0.25, 0.3) is 0 Å². The van der Waals surface area contributed by atoms with Gasteiger partial charge < -0.3 is 19.5 Å². The second kappa shape index (κ2) is 11.3. The number of likely N-dealkylation sites (tertiary alicyclic amines) is 1. The minimum Gasteiger partial charge on any atom is -0.445 e. The monoisotopic (exact) mass is 593 g/mol. The number of nitrogens with one attached hydrogen (secondary N) is 2. The molecule has 0 saturated carbocycles. The van der Waals surface area contributed by atoms with Crippen molar-refractivity contribution in [1.29, 1.82) is 0 Å². The maximum absolute atomic E-state index is 14.1. The number of anilines is 1. The Morgan fingerprint density at radius 2 is 1.95 bits per heavy atom. The van der Waals surface area contributed by atoms with Crippen molar-refractivity contribution in [2.45, 2.75) is 51.6 Å². The van der Waals surface area contributed by atoms with E-state index in [1.54, 1.807) is 24.0 Å². The second-order valence-corrected chi connectivity index (χ2v) is 10.2. The number of alkyl halides is 3. The van der Waals surface area contributed by atoms with Gasteiger partial charge in [0.1, 0.15) is 23.6 Å². The highest BCUT2D eigenvalue weighted by molar-refractivity contribution is 5.91. The fourth-order valence-electron chi connectivity index (χ4n) is 4.92. The maximum atomic E-state index is 14.1. The number of aromatic amines is 1. The number of benzene rings is 1. The van der Waals surface area contributed by atoms with Crippen LogP contribution >= 0.6 is 0 Å². The molecule has 4 aromatic heterocycles. The van der Waals surface area contributed by atoms with Crippen molar-refractivity contribution in [2.24, 2.45) is 0 Å². The highest BCUT2D eigenvalue weighted by atomic mass is 19.4. The Labute approximate surface area is 242 Å². The van der Waals surface area contributed by atoms with Crippen LogP contribution in [-0.2, 0) is 17.5 Å². The predicted molar refractivity (Wildman–Crippen MR) is 147 cm³/mol. The number of halogens is 3. The predicted octanol–water partition coefficient (Wildman–Crippen LogP) is 5.39. The molecule has 222 valence electrons. The second-order valence-electron chi connectivity index (χ2n) is 10.2. The van der Waals surface area contributed by atoms with E-state index in [2.05, 4.69) is 40.6 Å². The molecule has 2 atom stereocenters. The number of aryl methyl sites for hydroxylation is 1. The highest BCUT2D eigenvalue weighted by Gasteiger charge is 2.37. The Kier molecular flexibility index (Phi) is 7.38. The number of ether oxygens (including phenoxy) is 1. The molecular formula is C28H26F3N9O3. The number of hydrogen-bond donors (Lipinski definition) is 2. The molecule has 5 aromatic rings. The van der Waals surface area contributed by atoms with E-state index >= 15 is 0 Å². The van der Waals surface area contributed by atoms with Gasteiger partial charge in [-0.1, -0.05) is 35.5 Å². The molecule has 2 N–H and O–H groups in total. The van der Waals surface area contributed by atoms with E-state index in [9.17, 15) is 18.0 Å². The molecule has 1 aliphatic rings. The van der Waals surface area contributed by atoms with E-state index in [1.165, 1.54) is 0 Å². The number of hydrogen-bond acceptors (Lipinski definition) is 10. The zero-order valence-electron chi connectivity index (χ0n) is 23.1. The van der Waals surface area contributed by atoms with Gasteiger partial charge in [-0.05, 0) is 37.5 Å². The molecular weight excluding hydrogens is 567 g/mol. The number of fused-ring (bicyclic) bond motifs is 1. The number of aromatic nitrogens is 7. The number of pyridine rings is 1. The number of H-pyrrole nitrogens is 1. The minimum absolute atomic E-state index is 0.0187. The van der Waals surface area contributed by atoms with Gasteiger partial charge in [-0.3, -0.25) is 5.10 Å². The van der Waals surface area contributed by atoms with Gasteiger partial charge in [-0.25, -0.2) is 19.7 Å². The summed E-state index contributed by atoms with van der Waals surface area (Å²) < 4.78 is 52.7. The third-order valence-electron chi connectivity index (χ3n) is 7.16. The van der Waals surface area contributed by atoms with Crippen LogP contribution in [0.25, 0.3) is 33.9 Å². The summed E-state index contributed by atoms with van der Waals surface area (Å²) >= 11 is 0. The topological polar surface area (TPSA) is 148 Å². The van der Waals surface area contributed by atoms with E-state index in [4.69, 9.17) is 9.26 Å². The lowest BCUT2D eigenvalue weighted by Crippen LogP contribution is -2.50. The van der Waals surface area contributed by atoms with Crippen molar-refractivity contribution in [2.75, 3.05) is 11.9 Å². The van der Waals surface area contributed by atoms with Crippen LogP contribution in [0.1, 0.15) is 36.8 Å². The molecule has 1 amide bonds. The quantitative estimate of drug-likeness (QED) is 0.262. The number of amides is 1. The lowest BCUT2D eigenvalue weighted by atomic mass is 10.00. The molecule has 1 saturated heterocycles. The third kappa shape index (κ3) is 5.96. The molecule has 0 aliphatic carbocycles. The molecule has 0 bridgehead atoms. The van der Waals surface area contributed by atoms with Gasteiger partial charge >= 0.3 is 12.3 Å². The zero-order valence-corrected chi connectivity index (χ0v) is 23.1. The number of piperidine rings is 1. The van der Waals surface area contributed by atoms with Crippen molar-refractivity contribution in [3.63, 3.8) is 0 Å². The van der Waals surface area contributed by atoms with Crippen LogP contribution < -0.4 is 5.32 Å². The number of nitrogens with zero attached hydrogens (tertiary/aromatic N) is 7. The summed E-state index contributed by atoms with van der Waals surface area (Å²) in [6.07, 6.45) is -3.16. The largest absolute Gasteiger partial charge is 0.445 e. The molecule has 1 aromatic carbocycles. The lowest BCUT2D eigenvalue weighted by Gasteiger charge is -2.37. The fraction of sp³-hybridized carbons (Fsp3) is 0.321. The van der Waals surface area contributed by atoms with Crippen molar-refractivity contribution in [1.82, 2.24) is 40.2 Å². The van der Waals surface area contributed by atoms with E-state index in [0.717, 1.165) is 11.8 Å². The maximum Gasteiger partial charge on any atom is 0.420 e. The molecule has 12 nitrogen and oxygen atoms in total. The first-order valence-electron chi connectivity index (χ1n) is 13.5. The standard InChI is InChI=1S/C28H26F3N9O3/c1-15-8-9-18(13-40(15)27(41)42-14-17-6-4-3-5-7-17)34-26-32-12-20(28(29,30)31)23(36-26)22-19-10-11-21(35-24(19)38-37-22)25-33-16(2)43-39-25/h3-7,10-12,15,18H,8-9,13-14H2,1-2H3,(H,32,34,36)(H,35,37,38)/t15-,18-/m0/s1. The van der Waals surface area contributed by atoms with Crippen molar-refractivity contribution in [3.05, 3.63) is 65.7 Å². The first-order chi connectivity index (χ1) is 20.7. The fourth-order valence-corrected chi connectivity index (χ4v) is 4.92. The Hall–Kier alpha value is -5.08. The summed E-state index contributed by atoms with van der Waals surface area (Å²) in [5.74, 6) is 0.554. The summed E-state index contributed by atoms with van der Waals surface area (Å²) in [6.45, 7) is 3.96. The molecule has 5 heterocycles. The highest BCUT2D eigenvalue weighted by Crippen LogP contribution is 2.38. The first kappa shape index (κ1) is 28.1. The molecule has 0 spiro atoms. The van der Waals surface area contributed by atoms with Crippen molar-refractivity contribution < 1.29 is 27.2 Å². The number of rotatable bonds is 6. The summed E-state index contributed by atoms with van der Waals surface area (Å²) in [5, 5.41) is 14.0. The number of carbonyl (C=O) groups is 1. The van der Waals surface area contributed by atoms with E-state index in [0.29, 0.717) is 29.8 Å². The average Bonchev–Trinajstić information content (AvgIpc) is 3.62. The normalized spacial score (nSPS) is 17.3. The van der Waals surface area contributed by atoms with Crippen LogP contribution in [0.3, 0.4) is 0 Å². The summed E-state index contributed by atoms with van der Waals surface area (Å²) in [5.41, 5.74) is -0.0300. The van der Waals surface area contributed by atoms with Gasteiger partial charge in [0, 0.05) is 37.1 Å². The van der Waals surface area contributed by atoms with Crippen LogP contribution in [0.15, 0.2) is 53.2 Å². The smallest absolute Gasteiger partial charge is 0.420 e. The van der Waals surface area contributed by atoms with Crippen LogP contribution in [0.5, 0.6) is 0 Å². The molecule has 1 aliphatic heterocycles. The Morgan fingerprint density at radius 1 is 1.14 bits per heavy atom. The molecule has 0 radical (unpaired) electrons. The van der Waals surface area contributed by atoms with Gasteiger partial charge in [-0.2, -0.15) is 23.3 Å². The Bertz CT molecular complexity index is 1760. The lowest BCUT2D eigenvalue weighted by molar-refractivity contribution is -0.137. The zero-order chi connectivity index (χ0) is 30.1. The minimum atomic E-state index is -4.74. The molecule has 15 heteroatoms. The van der Waals surface area contributed by atoms with Crippen LogP contribution in [0.4, 0.5) is 23.9 Å². The Balaban J connectivity index is 1.24. The van der Waals surface area contributed by atoms with E-state index in [-0.39, 0.29) is 54.0 Å². The van der Waals surface area contributed by atoms with Crippen molar-refractivity contribution >= 4 is 23.1 Å². The van der Waals surface area contributed by atoms with Crippen LogP contribution in [0, 0.1) is 6.92 Å². The average molecular weight is 594 g/mol. The van der Waals surface area contributed by atoms with Gasteiger partial charge in [-0.15, -0.1) is 0 Å². The molecule has 0 unspecified atom stereocenters. The van der Waals surface area contributed by atoms with E-state index in [1.807, 2.05) is 37.3 Å². The van der Waals surface area contributed by atoms with Gasteiger partial charge in [0.05, 0.1) is 5.69 Å². The molecule has 6 rings (SSSR count).